The van der Waals surface area contributed by atoms with Crippen LogP contribution in [0.25, 0.3) is 0 Å². The molecule has 1 aromatic rings. The number of nitrogens with zero attached hydrogens (tertiary/aromatic N) is 2. The number of rotatable bonds is 6. The number of hydrogen-bond acceptors (Lipinski definition) is 5. The molecule has 27 heavy (non-hydrogen) atoms. The zero-order chi connectivity index (χ0) is 19.4. The molecule has 2 N–H and O–H groups in total. The normalized spacial score (nSPS) is 25.7. The molecule has 152 valence electrons. The van der Waals surface area contributed by atoms with E-state index in [0.29, 0.717) is 6.04 Å². The highest BCUT2D eigenvalue weighted by atomic mass is 127. The minimum Gasteiger partial charge on any atom is -0.446 e. The average molecular weight is 490 g/mol. The van der Waals surface area contributed by atoms with Crippen LogP contribution in [0.2, 0.25) is 0 Å². The molecule has 1 aliphatic heterocycles. The molecule has 0 radical (unpaired) electrons. The summed E-state index contributed by atoms with van der Waals surface area (Å²) in [6, 6.07) is 0.423. The molecule has 1 saturated carbocycles. The molecular formula is C19H31IN4O3. The maximum atomic E-state index is 11.8. The van der Waals surface area contributed by atoms with Gasteiger partial charge >= 0.3 is 6.09 Å². The molecule has 2 fully saturated rings. The molecule has 1 aliphatic carbocycles. The minimum atomic E-state index is -0.321. The van der Waals surface area contributed by atoms with Crippen molar-refractivity contribution in [1.82, 2.24) is 20.4 Å². The summed E-state index contributed by atoms with van der Waals surface area (Å²) in [5, 5.41) is 11.0. The highest BCUT2D eigenvalue weighted by molar-refractivity contribution is 14.1. The van der Waals surface area contributed by atoms with Gasteiger partial charge in [0.25, 0.3) is 0 Å². The predicted octanol–water partition coefficient (Wildman–Crippen LogP) is 3.37. The van der Waals surface area contributed by atoms with Gasteiger partial charge in [0.15, 0.2) is 0 Å². The fourth-order valence-corrected chi connectivity index (χ4v) is 4.04. The third kappa shape index (κ3) is 6.32. The Labute approximate surface area is 175 Å². The van der Waals surface area contributed by atoms with Crippen molar-refractivity contribution in [3.8, 4) is 0 Å². The van der Waals surface area contributed by atoms with Crippen molar-refractivity contribution in [3.05, 3.63) is 15.5 Å². The van der Waals surface area contributed by atoms with Gasteiger partial charge in [-0.15, -0.1) is 0 Å². The first-order chi connectivity index (χ1) is 12.8. The smallest absolute Gasteiger partial charge is 0.407 e. The maximum absolute atomic E-state index is 11.8. The van der Waals surface area contributed by atoms with Crippen LogP contribution in [0.5, 0.6) is 0 Å². The van der Waals surface area contributed by atoms with E-state index in [1.54, 1.807) is 0 Å². The van der Waals surface area contributed by atoms with Gasteiger partial charge in [-0.1, -0.05) is 0 Å². The number of carbonyl (C=O) groups excluding carboxylic acids is 1. The van der Waals surface area contributed by atoms with E-state index in [1.807, 2.05) is 25.5 Å². The standard InChI is InChI=1S/C19H31IN4O3/c1-19(2,3)22-18(25)27-15-10-14(11-15)21-8-7-13-12-24(23-17(13)20)16-6-4-5-9-26-16/h12,14-16,21H,4-11H2,1-3H3,(H,22,25). The monoisotopic (exact) mass is 490 g/mol. The van der Waals surface area contributed by atoms with Crippen molar-refractivity contribution in [2.24, 2.45) is 0 Å². The fraction of sp³-hybridized carbons (Fsp3) is 0.789. The zero-order valence-corrected chi connectivity index (χ0v) is 18.6. The van der Waals surface area contributed by atoms with Crippen LogP contribution in [0.15, 0.2) is 6.20 Å². The number of alkyl carbamates (subject to hydrolysis) is 1. The number of halogens is 1. The Kier molecular flexibility index (Phi) is 7.02. The molecular weight excluding hydrogens is 459 g/mol. The molecule has 8 heteroatoms. The number of hydrogen-bond donors (Lipinski definition) is 2. The summed E-state index contributed by atoms with van der Waals surface area (Å²) in [6.07, 6.45) is 8.02. The van der Waals surface area contributed by atoms with Crippen LogP contribution in [-0.4, -0.2) is 46.7 Å². The first-order valence-corrected chi connectivity index (χ1v) is 11.0. The topological polar surface area (TPSA) is 77.4 Å². The molecule has 7 nitrogen and oxygen atoms in total. The molecule has 0 spiro atoms. The van der Waals surface area contributed by atoms with Gasteiger partial charge in [-0.3, -0.25) is 0 Å². The van der Waals surface area contributed by atoms with Gasteiger partial charge in [-0.25, -0.2) is 9.48 Å². The maximum Gasteiger partial charge on any atom is 0.407 e. The van der Waals surface area contributed by atoms with Gasteiger partial charge in [0.05, 0.1) is 0 Å². The van der Waals surface area contributed by atoms with Crippen LogP contribution >= 0.6 is 22.6 Å². The van der Waals surface area contributed by atoms with Crippen molar-refractivity contribution in [2.45, 2.75) is 83.2 Å². The third-order valence-electron chi connectivity index (χ3n) is 4.88. The van der Waals surface area contributed by atoms with Crippen molar-refractivity contribution >= 4 is 28.7 Å². The van der Waals surface area contributed by atoms with Crippen LogP contribution in [0.1, 0.15) is 64.7 Å². The summed E-state index contributed by atoms with van der Waals surface area (Å²) in [6.45, 7) is 7.57. The summed E-state index contributed by atoms with van der Waals surface area (Å²) in [7, 11) is 0. The van der Waals surface area contributed by atoms with E-state index in [0.717, 1.165) is 49.0 Å². The lowest BCUT2D eigenvalue weighted by molar-refractivity contribution is -0.0397. The van der Waals surface area contributed by atoms with Gasteiger partial charge in [-0.05, 0) is 88.4 Å². The number of carbonyl (C=O) groups is 1. The van der Waals surface area contributed by atoms with E-state index in [-0.39, 0.29) is 24.0 Å². The summed E-state index contributed by atoms with van der Waals surface area (Å²) < 4.78 is 14.3. The van der Waals surface area contributed by atoms with E-state index in [2.05, 4.69) is 44.5 Å². The van der Waals surface area contributed by atoms with Crippen molar-refractivity contribution < 1.29 is 14.3 Å². The highest BCUT2D eigenvalue weighted by Gasteiger charge is 2.32. The Bertz CT molecular complexity index is 631. The van der Waals surface area contributed by atoms with Crippen molar-refractivity contribution in [1.29, 1.82) is 0 Å². The predicted molar refractivity (Wildman–Crippen MR) is 112 cm³/mol. The van der Waals surface area contributed by atoms with Gasteiger partial charge in [-0.2, -0.15) is 5.10 Å². The minimum absolute atomic E-state index is 0.0242. The van der Waals surface area contributed by atoms with E-state index >= 15 is 0 Å². The second-order valence-corrected chi connectivity index (χ2v) is 9.54. The molecule has 0 bridgehead atoms. The molecule has 1 amide bonds. The number of nitrogens with one attached hydrogen (secondary N) is 2. The van der Waals surface area contributed by atoms with Crippen molar-refractivity contribution in [3.63, 3.8) is 0 Å². The number of aromatic nitrogens is 2. The fourth-order valence-electron chi connectivity index (χ4n) is 3.38. The second kappa shape index (κ2) is 9.09. The Balaban J connectivity index is 1.34. The van der Waals surface area contributed by atoms with Gasteiger partial charge in [0, 0.05) is 29.9 Å². The lowest BCUT2D eigenvalue weighted by Crippen LogP contribution is -2.49. The zero-order valence-electron chi connectivity index (χ0n) is 16.5. The summed E-state index contributed by atoms with van der Waals surface area (Å²) >= 11 is 2.30. The highest BCUT2D eigenvalue weighted by Crippen LogP contribution is 2.25. The Morgan fingerprint density at radius 3 is 2.85 bits per heavy atom. The van der Waals surface area contributed by atoms with Crippen LogP contribution < -0.4 is 10.6 Å². The van der Waals surface area contributed by atoms with Crippen LogP contribution in [0, 0.1) is 3.70 Å². The molecule has 1 saturated heterocycles. The lowest BCUT2D eigenvalue weighted by Gasteiger charge is -2.36. The van der Waals surface area contributed by atoms with Crippen LogP contribution in [0.3, 0.4) is 0 Å². The van der Waals surface area contributed by atoms with Crippen LogP contribution in [0.4, 0.5) is 4.79 Å². The summed E-state index contributed by atoms with van der Waals surface area (Å²) in [4.78, 5) is 11.8. The molecule has 1 atom stereocenters. The first kappa shape index (κ1) is 20.9. The largest absolute Gasteiger partial charge is 0.446 e. The third-order valence-corrected chi connectivity index (χ3v) is 5.79. The molecule has 3 rings (SSSR count). The van der Waals surface area contributed by atoms with Gasteiger partial charge in [0.1, 0.15) is 16.0 Å². The Morgan fingerprint density at radius 2 is 2.19 bits per heavy atom. The van der Waals surface area contributed by atoms with Gasteiger partial charge < -0.3 is 20.1 Å². The SMILES string of the molecule is CC(C)(C)NC(=O)OC1CC(NCCc2cn(C3CCCCO3)nc2I)C1. The lowest BCUT2D eigenvalue weighted by atomic mass is 9.89. The molecule has 2 heterocycles. The summed E-state index contributed by atoms with van der Waals surface area (Å²) in [5.74, 6) is 0. The first-order valence-electron chi connectivity index (χ1n) is 9.87. The second-order valence-electron chi connectivity index (χ2n) is 8.52. The Morgan fingerprint density at radius 1 is 1.41 bits per heavy atom. The molecule has 1 aromatic heterocycles. The van der Waals surface area contributed by atoms with E-state index in [1.165, 1.54) is 12.0 Å². The molecule has 1 unspecified atom stereocenters. The van der Waals surface area contributed by atoms with E-state index in [9.17, 15) is 4.79 Å². The molecule has 2 aliphatic rings. The van der Waals surface area contributed by atoms with E-state index < -0.39 is 0 Å². The van der Waals surface area contributed by atoms with Crippen LogP contribution in [-0.2, 0) is 15.9 Å². The van der Waals surface area contributed by atoms with Crippen molar-refractivity contribution in [2.75, 3.05) is 13.2 Å². The Hall–Kier alpha value is -0.870. The summed E-state index contributed by atoms with van der Waals surface area (Å²) in [5.41, 5.74) is 0.997. The molecule has 0 aromatic carbocycles. The number of ether oxygens (including phenoxy) is 2. The number of amides is 1. The average Bonchev–Trinajstić information content (AvgIpc) is 2.92. The van der Waals surface area contributed by atoms with E-state index in [4.69, 9.17) is 9.47 Å². The van der Waals surface area contributed by atoms with Gasteiger partial charge in [0.2, 0.25) is 0 Å². The quantitative estimate of drug-likeness (QED) is 0.599.